The smallest absolute Gasteiger partial charge is 0.211 e. The fourth-order valence-corrected chi connectivity index (χ4v) is 3.67. The van der Waals surface area contributed by atoms with Gasteiger partial charge in [-0.25, -0.2) is 13.1 Å². The summed E-state index contributed by atoms with van der Waals surface area (Å²) in [5.41, 5.74) is 0.349. The van der Waals surface area contributed by atoms with Crippen LogP contribution in [0.4, 0.5) is 0 Å². The Bertz CT molecular complexity index is 330. The number of sulfonamides is 1. The van der Waals surface area contributed by atoms with E-state index < -0.39 is 10.0 Å². The van der Waals surface area contributed by atoms with Crippen LogP contribution in [0.5, 0.6) is 0 Å². The Morgan fingerprint density at radius 3 is 2.85 bits per heavy atom. The van der Waals surface area contributed by atoms with Gasteiger partial charge in [-0.2, -0.15) is 0 Å². The summed E-state index contributed by atoms with van der Waals surface area (Å²) >= 11 is 0. The average molecular weight is 202 g/mol. The monoisotopic (exact) mass is 202 g/mol. The Balaban J connectivity index is 1.62. The Labute approximate surface area is 78.1 Å². The van der Waals surface area contributed by atoms with Crippen LogP contribution in [0.1, 0.15) is 6.92 Å². The SMILES string of the molecule is CCS(=O)(=O)NCC12C3CNC1C32. The van der Waals surface area contributed by atoms with Crippen LogP contribution in [0.25, 0.3) is 0 Å². The van der Waals surface area contributed by atoms with Crippen LogP contribution in [-0.2, 0) is 10.0 Å². The highest BCUT2D eigenvalue weighted by Crippen LogP contribution is 2.82. The van der Waals surface area contributed by atoms with Crippen LogP contribution in [0, 0.1) is 17.3 Å². The molecule has 0 aromatic carbocycles. The van der Waals surface area contributed by atoms with Gasteiger partial charge in [0.2, 0.25) is 10.0 Å². The van der Waals surface area contributed by atoms with Gasteiger partial charge in [0.1, 0.15) is 0 Å². The highest BCUT2D eigenvalue weighted by Gasteiger charge is 2.89. The molecule has 2 N–H and O–H groups in total. The minimum absolute atomic E-state index is 0.191. The van der Waals surface area contributed by atoms with E-state index >= 15 is 0 Å². The lowest BCUT2D eigenvalue weighted by molar-refractivity contribution is 0.521. The number of fused-ring (bicyclic) bond motifs is 1. The second kappa shape index (κ2) is 2.10. The topological polar surface area (TPSA) is 58.2 Å². The fourth-order valence-electron chi connectivity index (χ4n) is 2.99. The molecule has 4 fully saturated rings. The summed E-state index contributed by atoms with van der Waals surface area (Å²) in [6.07, 6.45) is 0. The molecule has 2 aliphatic heterocycles. The minimum Gasteiger partial charge on any atom is -0.313 e. The van der Waals surface area contributed by atoms with Gasteiger partial charge >= 0.3 is 0 Å². The third-order valence-electron chi connectivity index (χ3n) is 4.00. The number of piperidine rings is 1. The molecule has 4 rings (SSSR count). The van der Waals surface area contributed by atoms with Gasteiger partial charge in [-0.3, -0.25) is 0 Å². The highest BCUT2D eigenvalue weighted by atomic mass is 32.2. The molecule has 4 nitrogen and oxygen atoms in total. The molecular weight excluding hydrogens is 188 g/mol. The molecule has 0 amide bonds. The molecular formula is C8H14N2O2S. The first-order valence-electron chi connectivity index (χ1n) is 4.82. The molecule has 13 heavy (non-hydrogen) atoms. The maximum atomic E-state index is 11.2. The van der Waals surface area contributed by atoms with Crippen molar-refractivity contribution in [1.29, 1.82) is 0 Å². The van der Waals surface area contributed by atoms with Gasteiger partial charge in [0.05, 0.1) is 5.75 Å². The number of hydrogen-bond donors (Lipinski definition) is 2. The van der Waals surface area contributed by atoms with Crippen LogP contribution in [-0.4, -0.2) is 33.3 Å². The van der Waals surface area contributed by atoms with Crippen molar-refractivity contribution < 1.29 is 8.42 Å². The van der Waals surface area contributed by atoms with Crippen molar-refractivity contribution in [2.45, 2.75) is 13.0 Å². The normalized spacial score (nSPS) is 50.4. The van der Waals surface area contributed by atoms with Gasteiger partial charge in [0.25, 0.3) is 0 Å². The lowest BCUT2D eigenvalue weighted by Gasteiger charge is -2.08. The molecule has 4 unspecified atom stereocenters. The molecule has 2 saturated heterocycles. The average Bonchev–Trinajstić information content (AvgIpc) is 2.75. The molecule has 4 aliphatic rings. The zero-order valence-electron chi connectivity index (χ0n) is 7.58. The summed E-state index contributed by atoms with van der Waals surface area (Å²) in [6, 6.07) is 0.636. The molecule has 2 bridgehead atoms. The van der Waals surface area contributed by atoms with Gasteiger partial charge < -0.3 is 5.32 Å². The molecule has 2 aliphatic carbocycles. The van der Waals surface area contributed by atoms with E-state index in [9.17, 15) is 8.42 Å². The Kier molecular flexibility index (Phi) is 1.32. The molecule has 0 aromatic heterocycles. The first kappa shape index (κ1) is 8.20. The van der Waals surface area contributed by atoms with Gasteiger partial charge in [-0.1, -0.05) is 0 Å². The standard InChI is InChI=1S/C8H14N2O2S/c1-2-13(11,12)10-4-8-5-3-9-7(8)6(5)8/h5-7,9-10H,2-4H2,1H3. The summed E-state index contributed by atoms with van der Waals surface area (Å²) in [5, 5.41) is 3.39. The largest absolute Gasteiger partial charge is 0.313 e. The molecule has 0 radical (unpaired) electrons. The van der Waals surface area contributed by atoms with Crippen molar-refractivity contribution >= 4 is 10.0 Å². The van der Waals surface area contributed by atoms with Crippen molar-refractivity contribution in [2.24, 2.45) is 17.3 Å². The maximum absolute atomic E-state index is 11.2. The van der Waals surface area contributed by atoms with E-state index in [4.69, 9.17) is 0 Å². The third-order valence-corrected chi connectivity index (χ3v) is 5.34. The molecule has 2 heterocycles. The van der Waals surface area contributed by atoms with Crippen LogP contribution in [0.2, 0.25) is 0 Å². The highest BCUT2D eigenvalue weighted by molar-refractivity contribution is 7.89. The summed E-state index contributed by atoms with van der Waals surface area (Å²) in [4.78, 5) is 0. The van der Waals surface area contributed by atoms with E-state index in [1.807, 2.05) is 0 Å². The molecule has 2 saturated carbocycles. The van der Waals surface area contributed by atoms with E-state index in [1.54, 1.807) is 6.92 Å². The summed E-state index contributed by atoms with van der Waals surface area (Å²) in [6.45, 7) is 3.43. The van der Waals surface area contributed by atoms with E-state index in [1.165, 1.54) is 0 Å². The van der Waals surface area contributed by atoms with Crippen molar-refractivity contribution in [3.8, 4) is 0 Å². The van der Waals surface area contributed by atoms with Crippen LogP contribution in [0.3, 0.4) is 0 Å². The zero-order valence-corrected chi connectivity index (χ0v) is 8.39. The lowest BCUT2D eigenvalue weighted by atomic mass is 10.1. The second-order valence-corrected chi connectivity index (χ2v) is 6.45. The summed E-state index contributed by atoms with van der Waals surface area (Å²) in [7, 11) is -2.98. The van der Waals surface area contributed by atoms with Crippen LogP contribution in [0.15, 0.2) is 0 Å². The maximum Gasteiger partial charge on any atom is 0.211 e. The number of hydrogen-bond acceptors (Lipinski definition) is 3. The lowest BCUT2D eigenvalue weighted by Crippen LogP contribution is -2.31. The quantitative estimate of drug-likeness (QED) is 0.624. The van der Waals surface area contributed by atoms with Gasteiger partial charge in [0.15, 0.2) is 0 Å². The van der Waals surface area contributed by atoms with Gasteiger partial charge in [-0.15, -0.1) is 0 Å². The Morgan fingerprint density at radius 1 is 1.62 bits per heavy atom. The molecule has 74 valence electrons. The first-order chi connectivity index (χ1) is 6.12. The number of nitrogens with one attached hydrogen (secondary N) is 2. The fraction of sp³-hybridized carbons (Fsp3) is 1.00. The zero-order chi connectivity index (χ0) is 9.27. The molecule has 4 atom stereocenters. The van der Waals surface area contributed by atoms with Crippen molar-refractivity contribution in [1.82, 2.24) is 10.0 Å². The van der Waals surface area contributed by atoms with E-state index in [-0.39, 0.29) is 5.75 Å². The van der Waals surface area contributed by atoms with E-state index in [2.05, 4.69) is 10.0 Å². The molecule has 5 heteroatoms. The van der Waals surface area contributed by atoms with Gasteiger partial charge in [0, 0.05) is 18.0 Å². The number of rotatable bonds is 4. The Morgan fingerprint density at radius 2 is 2.38 bits per heavy atom. The Hall–Kier alpha value is -0.130. The molecule has 0 spiro atoms. The minimum atomic E-state index is -2.98. The van der Waals surface area contributed by atoms with Crippen molar-refractivity contribution in [3.05, 3.63) is 0 Å². The summed E-state index contributed by atoms with van der Waals surface area (Å²) in [5.74, 6) is 1.76. The third kappa shape index (κ3) is 0.851. The van der Waals surface area contributed by atoms with E-state index in [0.717, 1.165) is 18.4 Å². The van der Waals surface area contributed by atoms with Gasteiger partial charge in [-0.05, 0) is 25.3 Å². The first-order valence-corrected chi connectivity index (χ1v) is 6.48. The molecule has 0 aromatic rings. The van der Waals surface area contributed by atoms with Crippen molar-refractivity contribution in [3.63, 3.8) is 0 Å². The predicted molar refractivity (Wildman–Crippen MR) is 48.7 cm³/mol. The van der Waals surface area contributed by atoms with Crippen molar-refractivity contribution in [2.75, 3.05) is 18.8 Å². The second-order valence-electron chi connectivity index (χ2n) is 4.36. The van der Waals surface area contributed by atoms with Crippen LogP contribution < -0.4 is 10.0 Å². The van der Waals surface area contributed by atoms with Crippen LogP contribution >= 0.6 is 0 Å². The predicted octanol–water partition coefficient (Wildman–Crippen LogP) is -0.856. The summed E-state index contributed by atoms with van der Waals surface area (Å²) < 4.78 is 25.1. The van der Waals surface area contributed by atoms with E-state index in [0.29, 0.717) is 18.0 Å².